The van der Waals surface area contributed by atoms with E-state index in [2.05, 4.69) is 10.1 Å². The zero-order valence-corrected chi connectivity index (χ0v) is 13.5. The normalized spacial score (nSPS) is 10.8. The molecule has 0 aliphatic heterocycles. The van der Waals surface area contributed by atoms with E-state index in [0.29, 0.717) is 23.6 Å². The summed E-state index contributed by atoms with van der Waals surface area (Å²) in [6, 6.07) is 7.62. The molecule has 0 aliphatic rings. The third kappa shape index (κ3) is 5.08. The average Bonchev–Trinajstić information content (AvgIpc) is 3.02. The second-order valence-corrected chi connectivity index (χ2v) is 5.16. The quantitative estimate of drug-likeness (QED) is 0.650. The number of carbonyl (C=O) groups excluding carboxylic acids is 2. The van der Waals surface area contributed by atoms with Crippen LogP contribution in [0.4, 0.5) is 10.1 Å². The molecule has 1 aromatic carbocycles. The molecule has 2 rings (SSSR count). The fraction of sp³-hybridized carbons (Fsp3) is 0.222. The lowest BCUT2D eigenvalue weighted by molar-refractivity contribution is -0.140. The number of anilines is 1. The van der Waals surface area contributed by atoms with Crippen molar-refractivity contribution in [3.8, 4) is 0 Å². The molecule has 1 heterocycles. The Morgan fingerprint density at radius 1 is 1.29 bits per heavy atom. The number of benzene rings is 1. The molecule has 5 nitrogen and oxygen atoms in total. The highest BCUT2D eigenvalue weighted by Crippen LogP contribution is 2.16. The van der Waals surface area contributed by atoms with E-state index in [-0.39, 0.29) is 12.4 Å². The molecule has 0 aliphatic carbocycles. The number of aryl methyl sites for hydroxylation is 2. The summed E-state index contributed by atoms with van der Waals surface area (Å²) in [6.45, 7) is 1.78. The average molecular weight is 331 g/mol. The van der Waals surface area contributed by atoms with Crippen LogP contribution in [-0.2, 0) is 20.7 Å². The SMILES string of the molecule is COC(=O)CCc1ccc(/C=C/C(=O)Nc2cc(F)ccc2C)o1. The van der Waals surface area contributed by atoms with Gasteiger partial charge in [0.1, 0.15) is 17.3 Å². The Hall–Kier alpha value is -2.89. The van der Waals surface area contributed by atoms with Gasteiger partial charge in [-0.1, -0.05) is 6.07 Å². The van der Waals surface area contributed by atoms with Gasteiger partial charge in [-0.15, -0.1) is 0 Å². The van der Waals surface area contributed by atoms with Crippen molar-refractivity contribution < 1.29 is 23.1 Å². The summed E-state index contributed by atoms with van der Waals surface area (Å²) in [6.07, 6.45) is 3.46. The maximum absolute atomic E-state index is 13.2. The summed E-state index contributed by atoms with van der Waals surface area (Å²) in [7, 11) is 1.33. The summed E-state index contributed by atoms with van der Waals surface area (Å²) in [5, 5.41) is 2.61. The van der Waals surface area contributed by atoms with E-state index in [0.717, 1.165) is 5.56 Å². The first-order valence-corrected chi connectivity index (χ1v) is 7.38. The standard InChI is InChI=1S/C18H18FNO4/c1-12-3-4-13(19)11-16(12)20-17(21)9-7-14-5-6-15(24-14)8-10-18(22)23-2/h3-7,9,11H,8,10H2,1-2H3,(H,20,21)/b9-7+. The molecule has 0 unspecified atom stereocenters. The second kappa shape index (κ2) is 8.10. The molecular formula is C18H18FNO4. The molecule has 0 radical (unpaired) electrons. The largest absolute Gasteiger partial charge is 0.469 e. The molecule has 1 amide bonds. The third-order valence-electron chi connectivity index (χ3n) is 3.34. The number of carbonyl (C=O) groups is 2. The van der Waals surface area contributed by atoms with E-state index in [9.17, 15) is 14.0 Å². The summed E-state index contributed by atoms with van der Waals surface area (Å²) >= 11 is 0. The number of hydrogen-bond acceptors (Lipinski definition) is 4. The molecule has 1 aromatic heterocycles. The Balaban J connectivity index is 1.93. The van der Waals surface area contributed by atoms with Gasteiger partial charge in [0.2, 0.25) is 5.91 Å². The predicted octanol–water partition coefficient (Wildman–Crippen LogP) is 3.48. The Bertz CT molecular complexity index is 764. The first kappa shape index (κ1) is 17.5. The van der Waals surface area contributed by atoms with Crippen molar-refractivity contribution in [3.63, 3.8) is 0 Å². The molecular weight excluding hydrogens is 313 g/mol. The summed E-state index contributed by atoms with van der Waals surface area (Å²) in [4.78, 5) is 23.0. The van der Waals surface area contributed by atoms with Gasteiger partial charge in [0.05, 0.1) is 13.5 Å². The zero-order valence-electron chi connectivity index (χ0n) is 13.5. The number of methoxy groups -OCH3 is 1. The number of esters is 1. The molecule has 126 valence electrons. The highest BCUT2D eigenvalue weighted by atomic mass is 19.1. The lowest BCUT2D eigenvalue weighted by Gasteiger charge is -2.05. The number of amides is 1. The number of nitrogens with one attached hydrogen (secondary N) is 1. The molecule has 6 heteroatoms. The van der Waals surface area contributed by atoms with Gasteiger partial charge in [0, 0.05) is 18.2 Å². The van der Waals surface area contributed by atoms with Gasteiger partial charge in [-0.3, -0.25) is 9.59 Å². The van der Waals surface area contributed by atoms with Crippen LogP contribution in [0.1, 0.15) is 23.5 Å². The van der Waals surface area contributed by atoms with Crippen molar-refractivity contribution in [2.24, 2.45) is 0 Å². The fourth-order valence-corrected chi connectivity index (χ4v) is 2.01. The fourth-order valence-electron chi connectivity index (χ4n) is 2.01. The van der Waals surface area contributed by atoms with Crippen LogP contribution >= 0.6 is 0 Å². The summed E-state index contributed by atoms with van der Waals surface area (Å²) in [5.74, 6) is -0.00637. The third-order valence-corrected chi connectivity index (χ3v) is 3.34. The van der Waals surface area contributed by atoms with Crippen LogP contribution in [0.3, 0.4) is 0 Å². The molecule has 0 saturated carbocycles. The van der Waals surface area contributed by atoms with Gasteiger partial charge in [-0.25, -0.2) is 4.39 Å². The molecule has 0 saturated heterocycles. The zero-order chi connectivity index (χ0) is 17.5. The van der Waals surface area contributed by atoms with Gasteiger partial charge in [0.25, 0.3) is 0 Å². The predicted molar refractivity (Wildman–Crippen MR) is 87.8 cm³/mol. The molecule has 2 aromatic rings. The summed E-state index contributed by atoms with van der Waals surface area (Å²) < 4.78 is 23.2. The second-order valence-electron chi connectivity index (χ2n) is 5.16. The Labute approximate surface area is 139 Å². The van der Waals surface area contributed by atoms with Crippen molar-refractivity contribution in [1.82, 2.24) is 0 Å². The first-order valence-electron chi connectivity index (χ1n) is 7.38. The molecule has 0 spiro atoms. The summed E-state index contributed by atoms with van der Waals surface area (Å²) in [5.41, 5.74) is 1.18. The van der Waals surface area contributed by atoms with E-state index < -0.39 is 11.7 Å². The van der Waals surface area contributed by atoms with Gasteiger partial charge in [0.15, 0.2) is 0 Å². The van der Waals surface area contributed by atoms with Crippen LogP contribution in [0.15, 0.2) is 40.8 Å². The molecule has 1 N–H and O–H groups in total. The Kier molecular flexibility index (Phi) is 5.89. The van der Waals surface area contributed by atoms with Crippen molar-refractivity contribution in [1.29, 1.82) is 0 Å². The topological polar surface area (TPSA) is 68.5 Å². The monoisotopic (exact) mass is 331 g/mol. The van der Waals surface area contributed by atoms with Gasteiger partial charge >= 0.3 is 5.97 Å². The van der Waals surface area contributed by atoms with Crippen LogP contribution in [-0.4, -0.2) is 19.0 Å². The minimum absolute atomic E-state index is 0.229. The molecule has 24 heavy (non-hydrogen) atoms. The lowest BCUT2D eigenvalue weighted by Crippen LogP contribution is -2.09. The van der Waals surface area contributed by atoms with E-state index in [1.807, 2.05) is 0 Å². The van der Waals surface area contributed by atoms with Crippen LogP contribution in [0.2, 0.25) is 0 Å². The van der Waals surface area contributed by atoms with E-state index in [1.54, 1.807) is 25.1 Å². The lowest BCUT2D eigenvalue weighted by atomic mass is 10.2. The van der Waals surface area contributed by atoms with E-state index >= 15 is 0 Å². The van der Waals surface area contributed by atoms with Crippen molar-refractivity contribution in [3.05, 3.63) is 59.3 Å². The minimum Gasteiger partial charge on any atom is -0.469 e. The van der Waals surface area contributed by atoms with Crippen LogP contribution in [0.5, 0.6) is 0 Å². The molecule has 0 fully saturated rings. The van der Waals surface area contributed by atoms with Gasteiger partial charge < -0.3 is 14.5 Å². The van der Waals surface area contributed by atoms with Crippen LogP contribution in [0.25, 0.3) is 6.08 Å². The number of hydrogen-bond donors (Lipinski definition) is 1. The number of halogens is 1. The highest BCUT2D eigenvalue weighted by Gasteiger charge is 2.06. The van der Waals surface area contributed by atoms with Crippen LogP contribution < -0.4 is 5.32 Å². The van der Waals surface area contributed by atoms with Crippen molar-refractivity contribution in [2.75, 3.05) is 12.4 Å². The van der Waals surface area contributed by atoms with E-state index in [4.69, 9.17) is 4.42 Å². The van der Waals surface area contributed by atoms with E-state index in [1.165, 1.54) is 31.4 Å². The maximum atomic E-state index is 13.2. The number of rotatable bonds is 6. The first-order chi connectivity index (χ1) is 11.5. The Morgan fingerprint density at radius 2 is 2.08 bits per heavy atom. The molecule has 0 atom stereocenters. The van der Waals surface area contributed by atoms with Gasteiger partial charge in [-0.05, 0) is 42.8 Å². The Morgan fingerprint density at radius 3 is 2.83 bits per heavy atom. The minimum atomic E-state index is -0.416. The number of ether oxygens (including phenoxy) is 1. The van der Waals surface area contributed by atoms with Gasteiger partial charge in [-0.2, -0.15) is 0 Å². The van der Waals surface area contributed by atoms with Crippen LogP contribution in [0, 0.1) is 12.7 Å². The van der Waals surface area contributed by atoms with Crippen molar-refractivity contribution in [2.45, 2.75) is 19.8 Å². The molecule has 0 bridgehead atoms. The van der Waals surface area contributed by atoms with Crippen molar-refractivity contribution >= 4 is 23.6 Å². The smallest absolute Gasteiger partial charge is 0.305 e. The number of furan rings is 1. The highest BCUT2D eigenvalue weighted by molar-refractivity contribution is 6.02. The maximum Gasteiger partial charge on any atom is 0.305 e.